The van der Waals surface area contributed by atoms with E-state index in [-0.39, 0.29) is 17.7 Å². The molecule has 5 nitrogen and oxygen atoms in total. The molecule has 0 bridgehead atoms. The van der Waals surface area contributed by atoms with E-state index < -0.39 is 0 Å². The highest BCUT2D eigenvalue weighted by atomic mass is 16.2. The van der Waals surface area contributed by atoms with Crippen molar-refractivity contribution in [3.63, 3.8) is 0 Å². The van der Waals surface area contributed by atoms with E-state index in [1.54, 1.807) is 0 Å². The van der Waals surface area contributed by atoms with E-state index in [0.717, 1.165) is 28.6 Å². The van der Waals surface area contributed by atoms with Crippen LogP contribution >= 0.6 is 0 Å². The molecule has 1 heterocycles. The molecule has 0 saturated carbocycles. The number of carbonyl (C=O) groups excluding carboxylic acids is 2. The van der Waals surface area contributed by atoms with Gasteiger partial charge >= 0.3 is 0 Å². The van der Waals surface area contributed by atoms with Gasteiger partial charge < -0.3 is 15.2 Å². The van der Waals surface area contributed by atoms with Crippen LogP contribution in [0.4, 0.5) is 5.69 Å². The van der Waals surface area contributed by atoms with Crippen LogP contribution in [0.5, 0.6) is 0 Å². The zero-order chi connectivity index (χ0) is 19.4. The molecule has 0 saturated heterocycles. The standard InChI is InChI=1S/C22H25N3O2/c1-4-15(2)21(26)24-18-10-7-8-16(12-18)14-23-22(27)20-13-17-9-5-6-11-19(17)25(20)3/h5-13,15H,4,14H2,1-3H3,(H,23,27)(H,24,26). The van der Waals surface area contributed by atoms with Crippen LogP contribution in [0.15, 0.2) is 54.6 Å². The normalized spacial score (nSPS) is 12.0. The Morgan fingerprint density at radius 1 is 1.07 bits per heavy atom. The quantitative estimate of drug-likeness (QED) is 0.693. The van der Waals surface area contributed by atoms with Crippen molar-refractivity contribution in [2.24, 2.45) is 13.0 Å². The fourth-order valence-electron chi connectivity index (χ4n) is 2.99. The third kappa shape index (κ3) is 4.19. The van der Waals surface area contributed by atoms with Gasteiger partial charge in [-0.25, -0.2) is 0 Å². The van der Waals surface area contributed by atoms with E-state index in [4.69, 9.17) is 0 Å². The summed E-state index contributed by atoms with van der Waals surface area (Å²) in [4.78, 5) is 24.6. The number of para-hydroxylation sites is 1. The first-order chi connectivity index (χ1) is 13.0. The van der Waals surface area contributed by atoms with E-state index >= 15 is 0 Å². The summed E-state index contributed by atoms with van der Waals surface area (Å²) in [5.41, 5.74) is 3.33. The first kappa shape index (κ1) is 18.7. The number of hydrogen-bond donors (Lipinski definition) is 2. The summed E-state index contributed by atoms with van der Waals surface area (Å²) in [6.07, 6.45) is 0.798. The van der Waals surface area contributed by atoms with Crippen molar-refractivity contribution in [1.82, 2.24) is 9.88 Å². The Kier molecular flexibility index (Phi) is 5.60. The second-order valence-corrected chi connectivity index (χ2v) is 6.83. The zero-order valence-corrected chi connectivity index (χ0v) is 16.0. The summed E-state index contributed by atoms with van der Waals surface area (Å²) in [5.74, 6) is -0.142. The van der Waals surface area contributed by atoms with Gasteiger partial charge in [0.15, 0.2) is 0 Å². The largest absolute Gasteiger partial charge is 0.347 e. The Labute approximate surface area is 159 Å². The number of benzene rings is 2. The molecule has 1 aromatic heterocycles. The van der Waals surface area contributed by atoms with Crippen LogP contribution in [-0.2, 0) is 18.4 Å². The first-order valence-electron chi connectivity index (χ1n) is 9.22. The highest BCUT2D eigenvalue weighted by Crippen LogP contribution is 2.18. The molecule has 2 N–H and O–H groups in total. The van der Waals surface area contributed by atoms with Crippen LogP contribution < -0.4 is 10.6 Å². The van der Waals surface area contributed by atoms with Crippen LogP contribution in [0.1, 0.15) is 36.3 Å². The number of amides is 2. The molecule has 1 atom stereocenters. The lowest BCUT2D eigenvalue weighted by Crippen LogP contribution is -2.25. The van der Waals surface area contributed by atoms with Crippen molar-refractivity contribution in [2.45, 2.75) is 26.8 Å². The average Bonchev–Trinajstić information content (AvgIpc) is 3.02. The maximum absolute atomic E-state index is 12.6. The van der Waals surface area contributed by atoms with Gasteiger partial charge in [0.1, 0.15) is 5.69 Å². The molecule has 2 amide bonds. The minimum absolute atomic E-state index is 0.00851. The van der Waals surface area contributed by atoms with E-state index in [1.165, 1.54) is 0 Å². The Morgan fingerprint density at radius 2 is 1.85 bits per heavy atom. The van der Waals surface area contributed by atoms with Crippen LogP contribution in [0, 0.1) is 5.92 Å². The minimum Gasteiger partial charge on any atom is -0.347 e. The van der Waals surface area contributed by atoms with Crippen LogP contribution in [0.3, 0.4) is 0 Å². The third-order valence-electron chi connectivity index (χ3n) is 4.89. The maximum Gasteiger partial charge on any atom is 0.268 e. The van der Waals surface area contributed by atoms with E-state index in [1.807, 2.05) is 80.1 Å². The van der Waals surface area contributed by atoms with Crippen LogP contribution in [0.2, 0.25) is 0 Å². The van der Waals surface area contributed by atoms with Gasteiger partial charge in [-0.2, -0.15) is 0 Å². The predicted octanol–water partition coefficient (Wildman–Crippen LogP) is 4.09. The number of fused-ring (bicyclic) bond motifs is 1. The lowest BCUT2D eigenvalue weighted by molar-refractivity contribution is -0.119. The van der Waals surface area contributed by atoms with E-state index in [0.29, 0.717) is 12.2 Å². The minimum atomic E-state index is -0.122. The topological polar surface area (TPSA) is 63.1 Å². The van der Waals surface area contributed by atoms with Crippen molar-refractivity contribution in [3.05, 3.63) is 65.9 Å². The smallest absolute Gasteiger partial charge is 0.268 e. The Morgan fingerprint density at radius 3 is 2.59 bits per heavy atom. The molecular formula is C22H25N3O2. The number of nitrogens with one attached hydrogen (secondary N) is 2. The van der Waals surface area contributed by atoms with Crippen molar-refractivity contribution in [3.8, 4) is 0 Å². The Hall–Kier alpha value is -3.08. The van der Waals surface area contributed by atoms with Gasteiger partial charge in [0.05, 0.1) is 0 Å². The van der Waals surface area contributed by atoms with Gasteiger partial charge in [0, 0.05) is 36.1 Å². The van der Waals surface area contributed by atoms with E-state index in [9.17, 15) is 9.59 Å². The van der Waals surface area contributed by atoms with Crippen LogP contribution in [-0.4, -0.2) is 16.4 Å². The molecule has 0 spiro atoms. The molecular weight excluding hydrogens is 338 g/mol. The van der Waals surface area contributed by atoms with Crippen molar-refractivity contribution in [1.29, 1.82) is 0 Å². The van der Waals surface area contributed by atoms with Gasteiger partial charge in [-0.15, -0.1) is 0 Å². The SMILES string of the molecule is CCC(C)C(=O)Nc1cccc(CNC(=O)c2cc3ccccc3n2C)c1. The van der Waals surface area contributed by atoms with E-state index in [2.05, 4.69) is 10.6 Å². The lowest BCUT2D eigenvalue weighted by atomic mass is 10.1. The molecule has 0 aliphatic rings. The first-order valence-corrected chi connectivity index (χ1v) is 9.22. The molecule has 1 unspecified atom stereocenters. The number of anilines is 1. The maximum atomic E-state index is 12.6. The summed E-state index contributed by atoms with van der Waals surface area (Å²) in [7, 11) is 1.89. The molecule has 0 aliphatic carbocycles. The van der Waals surface area contributed by atoms with Crippen molar-refractivity contribution in [2.75, 3.05) is 5.32 Å². The van der Waals surface area contributed by atoms with Gasteiger partial charge in [-0.3, -0.25) is 9.59 Å². The molecule has 5 heteroatoms. The highest BCUT2D eigenvalue weighted by Gasteiger charge is 2.13. The molecule has 3 aromatic rings. The number of rotatable bonds is 6. The highest BCUT2D eigenvalue weighted by molar-refractivity contribution is 5.98. The van der Waals surface area contributed by atoms with Gasteiger partial charge in [0.25, 0.3) is 5.91 Å². The second kappa shape index (κ2) is 8.08. The molecule has 3 rings (SSSR count). The van der Waals surface area contributed by atoms with Gasteiger partial charge in [0.2, 0.25) is 5.91 Å². The molecule has 0 radical (unpaired) electrons. The molecule has 0 aliphatic heterocycles. The van der Waals surface area contributed by atoms with Crippen molar-refractivity contribution < 1.29 is 9.59 Å². The number of aromatic nitrogens is 1. The number of aryl methyl sites for hydroxylation is 1. The van der Waals surface area contributed by atoms with Gasteiger partial charge in [-0.05, 0) is 36.2 Å². The third-order valence-corrected chi connectivity index (χ3v) is 4.89. The van der Waals surface area contributed by atoms with Gasteiger partial charge in [-0.1, -0.05) is 44.2 Å². The number of hydrogen-bond acceptors (Lipinski definition) is 2. The summed E-state index contributed by atoms with van der Waals surface area (Å²) in [6, 6.07) is 17.4. The molecule has 2 aromatic carbocycles. The lowest BCUT2D eigenvalue weighted by Gasteiger charge is -2.11. The number of carbonyl (C=O) groups is 2. The Bertz CT molecular complexity index is 975. The summed E-state index contributed by atoms with van der Waals surface area (Å²) >= 11 is 0. The predicted molar refractivity (Wildman–Crippen MR) is 109 cm³/mol. The van der Waals surface area contributed by atoms with Crippen molar-refractivity contribution >= 4 is 28.4 Å². The summed E-state index contributed by atoms with van der Waals surface area (Å²) < 4.78 is 1.90. The molecule has 27 heavy (non-hydrogen) atoms. The molecule has 140 valence electrons. The zero-order valence-electron chi connectivity index (χ0n) is 16.0. The summed E-state index contributed by atoms with van der Waals surface area (Å²) in [6.45, 7) is 4.29. The summed E-state index contributed by atoms with van der Waals surface area (Å²) in [5, 5.41) is 6.92. The fourth-order valence-corrected chi connectivity index (χ4v) is 2.99. The van der Waals surface area contributed by atoms with Crippen LogP contribution in [0.25, 0.3) is 10.9 Å². The average molecular weight is 363 g/mol. The number of nitrogens with zero attached hydrogens (tertiary/aromatic N) is 1. The Balaban J connectivity index is 1.67. The second-order valence-electron chi connectivity index (χ2n) is 6.83. The monoisotopic (exact) mass is 363 g/mol. The fraction of sp³-hybridized carbons (Fsp3) is 0.273. The molecule has 0 fully saturated rings.